The van der Waals surface area contributed by atoms with Crippen molar-refractivity contribution in [2.45, 2.75) is 24.7 Å². The molecule has 1 saturated carbocycles. The molecule has 1 N–H and O–H groups in total. The number of hydrogen-bond donors (Lipinski definition) is 1. The molecule has 0 unspecified atom stereocenters. The molecule has 0 atom stereocenters. The molecule has 0 heterocycles. The summed E-state index contributed by atoms with van der Waals surface area (Å²) in [4.78, 5) is 12.0. The monoisotopic (exact) mass is 214 g/mol. The van der Waals surface area contributed by atoms with E-state index in [-0.39, 0.29) is 5.91 Å². The lowest BCUT2D eigenvalue weighted by Crippen LogP contribution is -2.48. The first-order chi connectivity index (χ1) is 7.74. The predicted molar refractivity (Wildman–Crippen MR) is 60.8 cm³/mol. The molecular formula is C13H14N2O. The summed E-state index contributed by atoms with van der Waals surface area (Å²) < 4.78 is 0. The van der Waals surface area contributed by atoms with E-state index in [4.69, 9.17) is 5.26 Å². The summed E-state index contributed by atoms with van der Waals surface area (Å²) >= 11 is 0. The van der Waals surface area contributed by atoms with Crippen molar-refractivity contribution in [1.29, 1.82) is 5.26 Å². The van der Waals surface area contributed by atoms with Crippen LogP contribution < -0.4 is 5.32 Å². The highest BCUT2D eigenvalue weighted by molar-refractivity contribution is 5.89. The van der Waals surface area contributed by atoms with Gasteiger partial charge in [-0.15, -0.1) is 0 Å². The van der Waals surface area contributed by atoms with Crippen molar-refractivity contribution in [2.75, 3.05) is 7.05 Å². The molecule has 1 aromatic rings. The first kappa shape index (κ1) is 10.7. The van der Waals surface area contributed by atoms with Crippen LogP contribution >= 0.6 is 0 Å². The Kier molecular flexibility index (Phi) is 2.66. The van der Waals surface area contributed by atoms with Crippen LogP contribution in [0.1, 0.15) is 30.4 Å². The summed E-state index contributed by atoms with van der Waals surface area (Å²) in [5, 5.41) is 11.8. The summed E-state index contributed by atoms with van der Waals surface area (Å²) in [7, 11) is 1.65. The van der Waals surface area contributed by atoms with E-state index in [2.05, 4.69) is 11.4 Å². The normalized spacial score (nSPS) is 17.0. The van der Waals surface area contributed by atoms with E-state index < -0.39 is 5.41 Å². The van der Waals surface area contributed by atoms with Gasteiger partial charge in [-0.2, -0.15) is 5.26 Å². The number of likely N-dealkylation sites (N-methyl/N-ethyl adjacent to an activating group) is 1. The van der Waals surface area contributed by atoms with Crippen LogP contribution in [-0.4, -0.2) is 13.0 Å². The van der Waals surface area contributed by atoms with Gasteiger partial charge in [0.15, 0.2) is 0 Å². The van der Waals surface area contributed by atoms with Gasteiger partial charge in [0, 0.05) is 7.05 Å². The lowest BCUT2D eigenvalue weighted by atomic mass is 9.63. The van der Waals surface area contributed by atoms with E-state index in [0.29, 0.717) is 5.56 Å². The Morgan fingerprint density at radius 2 is 2.12 bits per heavy atom. The lowest BCUT2D eigenvalue weighted by Gasteiger charge is -2.40. The Hall–Kier alpha value is -1.82. The zero-order chi connectivity index (χ0) is 11.6. The first-order valence-electron chi connectivity index (χ1n) is 5.46. The average Bonchev–Trinajstić information content (AvgIpc) is 2.28. The van der Waals surface area contributed by atoms with Crippen LogP contribution in [0.3, 0.4) is 0 Å². The van der Waals surface area contributed by atoms with Crippen molar-refractivity contribution < 1.29 is 4.79 Å². The Bertz CT molecular complexity index is 455. The SMILES string of the molecule is CNC(=O)C1(c2ccccc2C#N)CCC1. The van der Waals surface area contributed by atoms with Gasteiger partial charge in [-0.3, -0.25) is 4.79 Å². The highest BCUT2D eigenvalue weighted by Gasteiger charge is 2.46. The fourth-order valence-electron chi connectivity index (χ4n) is 2.39. The van der Waals surface area contributed by atoms with Crippen LogP contribution in [0.15, 0.2) is 24.3 Å². The van der Waals surface area contributed by atoms with Crippen LogP contribution in [-0.2, 0) is 10.2 Å². The Morgan fingerprint density at radius 1 is 1.44 bits per heavy atom. The molecule has 1 aliphatic carbocycles. The molecule has 0 spiro atoms. The summed E-state index contributed by atoms with van der Waals surface area (Å²) in [5.41, 5.74) is 1.04. The minimum atomic E-state index is -0.457. The summed E-state index contributed by atoms with van der Waals surface area (Å²) in [6.45, 7) is 0. The molecule has 0 saturated heterocycles. The van der Waals surface area contributed by atoms with Gasteiger partial charge in [-0.1, -0.05) is 24.6 Å². The van der Waals surface area contributed by atoms with Gasteiger partial charge in [0.2, 0.25) is 5.91 Å². The zero-order valence-corrected chi connectivity index (χ0v) is 9.29. The number of benzene rings is 1. The number of rotatable bonds is 2. The summed E-state index contributed by atoms with van der Waals surface area (Å²) in [6, 6.07) is 9.56. The minimum absolute atomic E-state index is 0.0291. The molecule has 2 rings (SSSR count). The van der Waals surface area contributed by atoms with Crippen LogP contribution in [0.5, 0.6) is 0 Å². The second-order valence-electron chi connectivity index (χ2n) is 4.17. The fraction of sp³-hybridized carbons (Fsp3) is 0.385. The topological polar surface area (TPSA) is 52.9 Å². The molecule has 1 aliphatic rings. The van der Waals surface area contributed by atoms with Gasteiger partial charge in [-0.05, 0) is 24.5 Å². The quantitative estimate of drug-likeness (QED) is 0.815. The molecule has 0 aromatic heterocycles. The smallest absolute Gasteiger partial charge is 0.230 e. The maximum absolute atomic E-state index is 12.0. The molecule has 1 aromatic carbocycles. The maximum atomic E-state index is 12.0. The van der Waals surface area contributed by atoms with E-state index in [1.54, 1.807) is 13.1 Å². The molecule has 3 nitrogen and oxygen atoms in total. The highest BCUT2D eigenvalue weighted by atomic mass is 16.2. The van der Waals surface area contributed by atoms with Crippen LogP contribution in [0, 0.1) is 11.3 Å². The van der Waals surface area contributed by atoms with Gasteiger partial charge < -0.3 is 5.32 Å². The molecule has 1 amide bonds. The second kappa shape index (κ2) is 3.97. The van der Waals surface area contributed by atoms with Crippen molar-refractivity contribution in [3.8, 4) is 6.07 Å². The zero-order valence-electron chi connectivity index (χ0n) is 9.29. The van der Waals surface area contributed by atoms with E-state index >= 15 is 0 Å². The number of carbonyl (C=O) groups excluding carboxylic acids is 1. The van der Waals surface area contributed by atoms with Gasteiger partial charge in [0.25, 0.3) is 0 Å². The maximum Gasteiger partial charge on any atom is 0.230 e. The van der Waals surface area contributed by atoms with Crippen LogP contribution in [0.2, 0.25) is 0 Å². The molecule has 0 bridgehead atoms. The molecule has 3 heteroatoms. The number of nitrogens with zero attached hydrogens (tertiary/aromatic N) is 1. The van der Waals surface area contributed by atoms with Crippen molar-refractivity contribution in [1.82, 2.24) is 5.32 Å². The van der Waals surface area contributed by atoms with Crippen molar-refractivity contribution in [3.63, 3.8) is 0 Å². The largest absolute Gasteiger partial charge is 0.358 e. The highest BCUT2D eigenvalue weighted by Crippen LogP contribution is 2.45. The molecule has 1 fully saturated rings. The lowest BCUT2D eigenvalue weighted by molar-refractivity contribution is -0.129. The Labute approximate surface area is 95.1 Å². The van der Waals surface area contributed by atoms with E-state index in [1.165, 1.54) is 0 Å². The fourth-order valence-corrected chi connectivity index (χ4v) is 2.39. The van der Waals surface area contributed by atoms with Gasteiger partial charge >= 0.3 is 0 Å². The first-order valence-corrected chi connectivity index (χ1v) is 5.46. The molecule has 0 aliphatic heterocycles. The Morgan fingerprint density at radius 3 is 2.62 bits per heavy atom. The van der Waals surface area contributed by atoms with E-state index in [1.807, 2.05) is 18.2 Å². The van der Waals surface area contributed by atoms with Gasteiger partial charge in [-0.25, -0.2) is 0 Å². The minimum Gasteiger partial charge on any atom is -0.358 e. The Balaban J connectivity index is 2.49. The standard InChI is InChI=1S/C13H14N2O/c1-15-12(16)13(7-4-8-13)11-6-3-2-5-10(11)9-14/h2-3,5-6H,4,7-8H2,1H3,(H,15,16). The predicted octanol–water partition coefficient (Wildman–Crippen LogP) is 1.73. The van der Waals surface area contributed by atoms with Gasteiger partial charge in [0.05, 0.1) is 17.0 Å². The number of nitrogens with one attached hydrogen (secondary N) is 1. The second-order valence-corrected chi connectivity index (χ2v) is 4.17. The number of nitriles is 1. The summed E-state index contributed by atoms with van der Waals surface area (Å²) in [6.07, 6.45) is 2.73. The average molecular weight is 214 g/mol. The molecular weight excluding hydrogens is 200 g/mol. The molecule has 16 heavy (non-hydrogen) atoms. The van der Waals surface area contributed by atoms with E-state index in [9.17, 15) is 4.79 Å². The van der Waals surface area contributed by atoms with Crippen LogP contribution in [0.4, 0.5) is 0 Å². The number of carbonyl (C=O) groups is 1. The third kappa shape index (κ3) is 1.38. The van der Waals surface area contributed by atoms with Crippen molar-refractivity contribution in [2.24, 2.45) is 0 Å². The van der Waals surface area contributed by atoms with E-state index in [0.717, 1.165) is 24.8 Å². The van der Waals surface area contributed by atoms with Crippen LogP contribution in [0.25, 0.3) is 0 Å². The third-order valence-electron chi connectivity index (χ3n) is 3.43. The molecule has 82 valence electrons. The van der Waals surface area contributed by atoms with Crippen molar-refractivity contribution in [3.05, 3.63) is 35.4 Å². The number of amides is 1. The molecule has 0 radical (unpaired) electrons. The number of hydrogen-bond acceptors (Lipinski definition) is 2. The van der Waals surface area contributed by atoms with Crippen molar-refractivity contribution >= 4 is 5.91 Å². The third-order valence-corrected chi connectivity index (χ3v) is 3.43. The van der Waals surface area contributed by atoms with Gasteiger partial charge in [0.1, 0.15) is 0 Å². The summed E-state index contributed by atoms with van der Waals surface area (Å²) in [5.74, 6) is 0.0291.